The largest absolute Gasteiger partial charge is 0.494 e. The van der Waals surface area contributed by atoms with Crippen LogP contribution < -0.4 is 20.1 Å². The number of hydrogen-bond donors (Lipinski definition) is 3. The van der Waals surface area contributed by atoms with Crippen molar-refractivity contribution in [1.29, 1.82) is 0 Å². The summed E-state index contributed by atoms with van der Waals surface area (Å²) in [7, 11) is -3.72. The third-order valence-electron chi connectivity index (χ3n) is 4.57. The van der Waals surface area contributed by atoms with Crippen molar-refractivity contribution in [3.05, 3.63) is 54.1 Å². The number of hydrogen-bond acceptors (Lipinski definition) is 5. The third-order valence-corrected chi connectivity index (χ3v) is 6.05. The molecule has 0 saturated carbocycles. The Labute approximate surface area is 189 Å². The fourth-order valence-electron chi connectivity index (χ4n) is 2.79. The fraction of sp³-hybridized carbons (Fsp3) is 0.391. The first-order valence-corrected chi connectivity index (χ1v) is 11.9. The molecule has 0 aliphatic carbocycles. The molecule has 2 aromatic rings. The van der Waals surface area contributed by atoms with E-state index in [2.05, 4.69) is 15.4 Å². The van der Waals surface area contributed by atoms with Crippen LogP contribution in [0.25, 0.3) is 0 Å². The molecule has 0 heterocycles. The molecule has 0 atom stereocenters. The van der Waals surface area contributed by atoms with Gasteiger partial charge in [0.05, 0.1) is 18.0 Å². The molecule has 2 aromatic carbocycles. The molecule has 0 spiro atoms. The molecular weight excluding hydrogens is 430 g/mol. The minimum absolute atomic E-state index is 0.0737. The van der Waals surface area contributed by atoms with Crippen molar-refractivity contribution in [2.45, 2.75) is 44.4 Å². The van der Waals surface area contributed by atoms with Crippen molar-refractivity contribution in [3.8, 4) is 5.75 Å². The van der Waals surface area contributed by atoms with Crippen molar-refractivity contribution in [2.75, 3.05) is 25.0 Å². The smallest absolute Gasteiger partial charge is 0.243 e. The highest BCUT2D eigenvalue weighted by Gasteiger charge is 2.17. The predicted molar refractivity (Wildman–Crippen MR) is 124 cm³/mol. The minimum atomic E-state index is -3.72. The number of rotatable bonds is 10. The second-order valence-corrected chi connectivity index (χ2v) is 9.97. The van der Waals surface area contributed by atoms with E-state index >= 15 is 0 Å². The Balaban J connectivity index is 1.74. The zero-order valence-electron chi connectivity index (χ0n) is 18.9. The lowest BCUT2D eigenvalue weighted by Crippen LogP contribution is -2.35. The van der Waals surface area contributed by atoms with Gasteiger partial charge in [0.25, 0.3) is 0 Å². The van der Waals surface area contributed by atoms with Crippen LogP contribution in [0.3, 0.4) is 0 Å². The fourth-order valence-corrected chi connectivity index (χ4v) is 3.82. The van der Waals surface area contributed by atoms with Gasteiger partial charge >= 0.3 is 0 Å². The van der Waals surface area contributed by atoms with E-state index in [-0.39, 0.29) is 35.7 Å². The maximum absolute atomic E-state index is 12.4. The molecule has 3 N–H and O–H groups in total. The Morgan fingerprint density at radius 3 is 2.12 bits per heavy atom. The molecule has 0 bridgehead atoms. The van der Waals surface area contributed by atoms with Gasteiger partial charge in [0.2, 0.25) is 21.8 Å². The molecule has 0 fully saturated rings. The van der Waals surface area contributed by atoms with Crippen LogP contribution in [0.15, 0.2) is 53.4 Å². The number of benzene rings is 2. The maximum Gasteiger partial charge on any atom is 0.243 e. The summed E-state index contributed by atoms with van der Waals surface area (Å²) in [6.07, 6.45) is -0.0877. The van der Waals surface area contributed by atoms with Gasteiger partial charge in [-0.25, -0.2) is 13.1 Å². The summed E-state index contributed by atoms with van der Waals surface area (Å²) in [5, 5.41) is 5.14. The zero-order chi connectivity index (χ0) is 23.8. The van der Waals surface area contributed by atoms with Crippen LogP contribution in [-0.2, 0) is 25.0 Å². The topological polar surface area (TPSA) is 114 Å². The van der Waals surface area contributed by atoms with Gasteiger partial charge in [0, 0.05) is 18.7 Å². The van der Waals surface area contributed by atoms with E-state index in [1.165, 1.54) is 0 Å². The summed E-state index contributed by atoms with van der Waals surface area (Å²) in [6.45, 7) is 8.29. The van der Waals surface area contributed by atoms with E-state index in [1.807, 2.05) is 27.7 Å². The molecule has 0 saturated heterocycles. The molecule has 2 amide bonds. The summed E-state index contributed by atoms with van der Waals surface area (Å²) in [6, 6.07) is 13.5. The Bertz CT molecular complexity index is 1010. The molecule has 32 heavy (non-hydrogen) atoms. The molecule has 0 aliphatic heterocycles. The lowest BCUT2D eigenvalue weighted by Gasteiger charge is -2.19. The second-order valence-electron chi connectivity index (χ2n) is 8.20. The Morgan fingerprint density at radius 2 is 1.56 bits per heavy atom. The third kappa shape index (κ3) is 7.97. The lowest BCUT2D eigenvalue weighted by atomic mass is 9.87. The Kier molecular flexibility index (Phi) is 8.80. The van der Waals surface area contributed by atoms with Crippen LogP contribution in [0.1, 0.15) is 39.7 Å². The van der Waals surface area contributed by atoms with Gasteiger partial charge in [-0.2, -0.15) is 0 Å². The molecule has 0 radical (unpaired) electrons. The van der Waals surface area contributed by atoms with Gasteiger partial charge in [-0.1, -0.05) is 32.9 Å². The first-order chi connectivity index (χ1) is 15.0. The number of nitrogens with one attached hydrogen (secondary N) is 3. The first-order valence-electron chi connectivity index (χ1n) is 10.4. The summed E-state index contributed by atoms with van der Waals surface area (Å²) in [5.41, 5.74) is 1.53. The van der Waals surface area contributed by atoms with Gasteiger partial charge in [-0.3, -0.25) is 9.59 Å². The molecule has 2 rings (SSSR count). The van der Waals surface area contributed by atoms with E-state index in [9.17, 15) is 18.0 Å². The van der Waals surface area contributed by atoms with Crippen molar-refractivity contribution < 1.29 is 22.7 Å². The standard InChI is InChI=1S/C23H31N3O5S/c1-5-31-19-10-8-18(9-11-19)26-22(28)16-24-21(27)14-15-25-32(29,30)20-12-6-17(7-13-20)23(2,3)4/h6-13,25H,5,14-16H2,1-4H3,(H,24,27)(H,26,28). The van der Waals surface area contributed by atoms with Gasteiger partial charge in [0.15, 0.2) is 0 Å². The van der Waals surface area contributed by atoms with E-state index in [4.69, 9.17) is 4.74 Å². The van der Waals surface area contributed by atoms with Crippen LogP contribution in [-0.4, -0.2) is 39.9 Å². The number of carbonyl (C=O) groups is 2. The van der Waals surface area contributed by atoms with Crippen LogP contribution in [0.2, 0.25) is 0 Å². The normalized spacial score (nSPS) is 11.6. The molecule has 0 aromatic heterocycles. The number of sulfonamides is 1. The molecule has 174 valence electrons. The van der Waals surface area contributed by atoms with E-state index in [1.54, 1.807) is 48.5 Å². The van der Waals surface area contributed by atoms with Crippen molar-refractivity contribution in [2.24, 2.45) is 0 Å². The predicted octanol–water partition coefficient (Wildman–Crippen LogP) is 2.81. The number of ether oxygens (including phenoxy) is 1. The highest BCUT2D eigenvalue weighted by molar-refractivity contribution is 7.89. The van der Waals surface area contributed by atoms with Gasteiger partial charge < -0.3 is 15.4 Å². The first kappa shape index (κ1) is 25.4. The summed E-state index contributed by atoms with van der Waals surface area (Å²) in [4.78, 5) is 24.1. The summed E-state index contributed by atoms with van der Waals surface area (Å²) >= 11 is 0. The number of carbonyl (C=O) groups excluding carboxylic acids is 2. The van der Waals surface area contributed by atoms with E-state index in [0.717, 1.165) is 5.56 Å². The summed E-state index contributed by atoms with van der Waals surface area (Å²) in [5.74, 6) is -0.119. The van der Waals surface area contributed by atoms with Crippen LogP contribution in [0.5, 0.6) is 5.75 Å². The van der Waals surface area contributed by atoms with Crippen molar-refractivity contribution >= 4 is 27.5 Å². The number of amides is 2. The van der Waals surface area contributed by atoms with Gasteiger partial charge in [0.1, 0.15) is 5.75 Å². The number of anilines is 1. The molecule has 0 unspecified atom stereocenters. The molecule has 8 nitrogen and oxygen atoms in total. The minimum Gasteiger partial charge on any atom is -0.494 e. The Morgan fingerprint density at radius 1 is 0.938 bits per heavy atom. The quantitative estimate of drug-likeness (QED) is 0.504. The van der Waals surface area contributed by atoms with Crippen molar-refractivity contribution in [3.63, 3.8) is 0 Å². The van der Waals surface area contributed by atoms with Gasteiger partial charge in [-0.05, 0) is 54.3 Å². The van der Waals surface area contributed by atoms with Crippen molar-refractivity contribution in [1.82, 2.24) is 10.0 Å². The lowest BCUT2D eigenvalue weighted by molar-refractivity contribution is -0.124. The van der Waals surface area contributed by atoms with Crippen LogP contribution >= 0.6 is 0 Å². The highest BCUT2D eigenvalue weighted by Crippen LogP contribution is 2.23. The average molecular weight is 462 g/mol. The van der Waals surface area contributed by atoms with Crippen LogP contribution in [0, 0.1) is 0 Å². The molecule has 0 aliphatic rings. The average Bonchev–Trinajstić information content (AvgIpc) is 2.73. The molecule has 9 heteroatoms. The van der Waals surface area contributed by atoms with E-state index < -0.39 is 15.9 Å². The summed E-state index contributed by atoms with van der Waals surface area (Å²) < 4.78 is 32.5. The zero-order valence-corrected chi connectivity index (χ0v) is 19.7. The molecular formula is C23H31N3O5S. The van der Waals surface area contributed by atoms with Gasteiger partial charge in [-0.15, -0.1) is 0 Å². The maximum atomic E-state index is 12.4. The Hall–Kier alpha value is -2.91. The second kappa shape index (κ2) is 11.1. The van der Waals surface area contributed by atoms with Crippen LogP contribution in [0.4, 0.5) is 5.69 Å². The monoisotopic (exact) mass is 461 g/mol. The SMILES string of the molecule is CCOc1ccc(NC(=O)CNC(=O)CCNS(=O)(=O)c2ccc(C(C)(C)C)cc2)cc1. The van der Waals surface area contributed by atoms with E-state index in [0.29, 0.717) is 18.0 Å². The highest BCUT2D eigenvalue weighted by atomic mass is 32.2.